The van der Waals surface area contributed by atoms with Crippen molar-refractivity contribution in [2.45, 2.75) is 37.9 Å². The van der Waals surface area contributed by atoms with E-state index in [9.17, 15) is 10.2 Å². The first-order valence-electron chi connectivity index (χ1n) is 12.6. The van der Waals surface area contributed by atoms with Crippen molar-refractivity contribution in [2.24, 2.45) is 0 Å². The maximum atomic E-state index is 10.4. The quantitative estimate of drug-likeness (QED) is 0.207. The lowest BCUT2D eigenvalue weighted by atomic mass is 10.0. The number of aliphatic hydroxyl groups excluding tert-OH is 2. The summed E-state index contributed by atoms with van der Waals surface area (Å²) in [5.74, 6) is 1.54. The third-order valence-electron chi connectivity index (χ3n) is 6.13. The van der Waals surface area contributed by atoms with Gasteiger partial charge in [0.25, 0.3) is 0 Å². The molecular weight excluding hydrogens is 448 g/mol. The molecular formula is C32H34O4. The zero-order valence-electron chi connectivity index (χ0n) is 20.5. The molecule has 0 aliphatic rings. The number of para-hydroxylation sites is 2. The van der Waals surface area contributed by atoms with E-state index in [0.29, 0.717) is 12.8 Å². The van der Waals surface area contributed by atoms with E-state index < -0.39 is 12.2 Å². The van der Waals surface area contributed by atoms with E-state index >= 15 is 0 Å². The summed E-state index contributed by atoms with van der Waals surface area (Å²) in [6.45, 7) is 0.484. The fourth-order valence-electron chi connectivity index (χ4n) is 4.20. The first-order chi connectivity index (χ1) is 17.7. The van der Waals surface area contributed by atoms with E-state index in [2.05, 4.69) is 0 Å². The minimum Gasteiger partial charge on any atom is -0.490 e. The van der Waals surface area contributed by atoms with Crippen LogP contribution in [0.3, 0.4) is 0 Å². The van der Waals surface area contributed by atoms with Crippen LogP contribution in [0.15, 0.2) is 109 Å². The highest BCUT2D eigenvalue weighted by Crippen LogP contribution is 2.31. The lowest BCUT2D eigenvalue weighted by molar-refractivity contribution is 0.0860. The fraction of sp³-hybridized carbons (Fsp3) is 0.250. The van der Waals surface area contributed by atoms with Crippen LogP contribution >= 0.6 is 0 Å². The first-order valence-corrected chi connectivity index (χ1v) is 12.6. The Kier molecular flexibility index (Phi) is 9.54. The Labute approximate surface area is 213 Å². The zero-order valence-corrected chi connectivity index (χ0v) is 20.5. The van der Waals surface area contributed by atoms with Gasteiger partial charge in [-0.3, -0.25) is 0 Å². The second-order valence-electron chi connectivity index (χ2n) is 8.94. The number of hydrogen-bond acceptors (Lipinski definition) is 4. The van der Waals surface area contributed by atoms with Crippen molar-refractivity contribution in [3.05, 3.63) is 109 Å². The summed E-state index contributed by atoms with van der Waals surface area (Å²) in [5, 5.41) is 20.8. The molecule has 0 saturated heterocycles. The highest BCUT2D eigenvalue weighted by molar-refractivity contribution is 5.71. The summed E-state index contributed by atoms with van der Waals surface area (Å²) in [5.41, 5.74) is 4.21. The second-order valence-corrected chi connectivity index (χ2v) is 8.94. The molecule has 2 N–H and O–H groups in total. The van der Waals surface area contributed by atoms with Gasteiger partial charge in [-0.15, -0.1) is 0 Å². The summed E-state index contributed by atoms with van der Waals surface area (Å²) in [6.07, 6.45) is 1.75. The SMILES string of the molecule is OC(CCCCC(O)COc1ccccc1-c1ccccc1)COc1ccccc1-c1ccccc1. The fourth-order valence-corrected chi connectivity index (χ4v) is 4.20. The van der Waals surface area contributed by atoms with Crippen LogP contribution < -0.4 is 9.47 Å². The van der Waals surface area contributed by atoms with Crippen molar-refractivity contribution in [3.63, 3.8) is 0 Å². The molecule has 0 heterocycles. The van der Waals surface area contributed by atoms with Gasteiger partial charge in [0, 0.05) is 11.1 Å². The highest BCUT2D eigenvalue weighted by atomic mass is 16.5. The Morgan fingerprint density at radius 3 is 1.25 bits per heavy atom. The Bertz CT molecular complexity index is 1080. The van der Waals surface area contributed by atoms with E-state index in [4.69, 9.17) is 9.47 Å². The molecule has 0 aliphatic carbocycles. The molecule has 4 heteroatoms. The number of ether oxygens (including phenoxy) is 2. The van der Waals surface area contributed by atoms with Gasteiger partial charge in [0.1, 0.15) is 24.7 Å². The van der Waals surface area contributed by atoms with Crippen LogP contribution in [-0.4, -0.2) is 35.6 Å². The Morgan fingerprint density at radius 2 is 0.833 bits per heavy atom. The van der Waals surface area contributed by atoms with Crippen molar-refractivity contribution in [1.82, 2.24) is 0 Å². The third-order valence-corrected chi connectivity index (χ3v) is 6.13. The second kappa shape index (κ2) is 13.5. The molecule has 2 unspecified atom stereocenters. The van der Waals surface area contributed by atoms with Crippen molar-refractivity contribution >= 4 is 0 Å². The van der Waals surface area contributed by atoms with Crippen molar-refractivity contribution in [1.29, 1.82) is 0 Å². The molecule has 0 saturated carbocycles. The molecule has 0 radical (unpaired) electrons. The predicted octanol–water partition coefficient (Wildman–Crippen LogP) is 6.76. The number of benzene rings is 4. The molecule has 0 aromatic heterocycles. The van der Waals surface area contributed by atoms with E-state index in [1.165, 1.54) is 0 Å². The molecule has 186 valence electrons. The molecule has 0 amide bonds. The van der Waals surface area contributed by atoms with Crippen LogP contribution in [-0.2, 0) is 0 Å². The third kappa shape index (κ3) is 7.45. The maximum absolute atomic E-state index is 10.4. The summed E-state index contributed by atoms with van der Waals surface area (Å²) in [6, 6.07) is 36.0. The predicted molar refractivity (Wildman–Crippen MR) is 145 cm³/mol. The van der Waals surface area contributed by atoms with Crippen LogP contribution in [0.5, 0.6) is 11.5 Å². The van der Waals surface area contributed by atoms with Gasteiger partial charge < -0.3 is 19.7 Å². The van der Waals surface area contributed by atoms with Crippen LogP contribution in [0.2, 0.25) is 0 Å². The van der Waals surface area contributed by atoms with E-state index in [0.717, 1.165) is 46.6 Å². The topological polar surface area (TPSA) is 58.9 Å². The Balaban J connectivity index is 1.17. The van der Waals surface area contributed by atoms with Crippen molar-refractivity contribution in [2.75, 3.05) is 13.2 Å². The molecule has 0 spiro atoms. The molecule has 0 fully saturated rings. The van der Waals surface area contributed by atoms with Crippen molar-refractivity contribution < 1.29 is 19.7 Å². The average Bonchev–Trinajstić information content (AvgIpc) is 2.94. The maximum Gasteiger partial charge on any atom is 0.127 e. The lowest BCUT2D eigenvalue weighted by Crippen LogP contribution is -2.19. The molecule has 36 heavy (non-hydrogen) atoms. The summed E-state index contributed by atoms with van der Waals surface area (Å²) in [7, 11) is 0. The van der Waals surface area contributed by atoms with Crippen molar-refractivity contribution in [3.8, 4) is 33.8 Å². The molecule has 4 rings (SSSR count). The van der Waals surface area contributed by atoms with Gasteiger partial charge in [-0.2, -0.15) is 0 Å². The minimum atomic E-state index is -0.556. The average molecular weight is 483 g/mol. The largest absolute Gasteiger partial charge is 0.490 e. The normalized spacial score (nSPS) is 12.6. The van der Waals surface area contributed by atoms with Gasteiger partial charge in [0.15, 0.2) is 0 Å². The first kappa shape index (κ1) is 25.5. The lowest BCUT2D eigenvalue weighted by Gasteiger charge is -2.16. The standard InChI is InChI=1S/C32H34O4/c33-27(23-35-31-21-11-9-19-29(31)25-13-3-1-4-14-25)17-7-8-18-28(34)24-36-32-22-12-10-20-30(32)26-15-5-2-6-16-26/h1-6,9-16,19-22,27-28,33-34H,7-8,17-18,23-24H2. The van der Waals surface area contributed by atoms with Crippen LogP contribution in [0.1, 0.15) is 25.7 Å². The minimum absolute atomic E-state index is 0.242. The number of aliphatic hydroxyl groups is 2. The number of hydrogen-bond donors (Lipinski definition) is 2. The smallest absolute Gasteiger partial charge is 0.127 e. The van der Waals surface area contributed by atoms with Gasteiger partial charge in [-0.1, -0.05) is 110 Å². The van der Waals surface area contributed by atoms with Gasteiger partial charge >= 0.3 is 0 Å². The molecule has 4 aromatic rings. The summed E-state index contributed by atoms with van der Waals surface area (Å²) in [4.78, 5) is 0. The van der Waals surface area contributed by atoms with Crippen LogP contribution in [0.25, 0.3) is 22.3 Å². The van der Waals surface area contributed by atoms with Gasteiger partial charge in [-0.25, -0.2) is 0 Å². The summed E-state index contributed by atoms with van der Waals surface area (Å²) >= 11 is 0. The molecule has 0 bridgehead atoms. The van der Waals surface area contributed by atoms with E-state index in [-0.39, 0.29) is 13.2 Å². The van der Waals surface area contributed by atoms with E-state index in [1.54, 1.807) is 0 Å². The number of unbranched alkanes of at least 4 members (excludes halogenated alkanes) is 1. The monoisotopic (exact) mass is 482 g/mol. The van der Waals surface area contributed by atoms with Crippen LogP contribution in [0.4, 0.5) is 0 Å². The highest BCUT2D eigenvalue weighted by Gasteiger charge is 2.12. The molecule has 4 nitrogen and oxygen atoms in total. The molecule has 2 atom stereocenters. The van der Waals surface area contributed by atoms with Gasteiger partial charge in [0.05, 0.1) is 12.2 Å². The number of rotatable bonds is 13. The van der Waals surface area contributed by atoms with Crippen LogP contribution in [0, 0.1) is 0 Å². The zero-order chi connectivity index (χ0) is 25.0. The molecule has 0 aliphatic heterocycles. The van der Waals surface area contributed by atoms with Gasteiger partial charge in [0.2, 0.25) is 0 Å². The van der Waals surface area contributed by atoms with Gasteiger partial charge in [-0.05, 0) is 36.1 Å². The van der Waals surface area contributed by atoms with E-state index in [1.807, 2.05) is 109 Å². The Hall–Kier alpha value is -3.60. The summed E-state index contributed by atoms with van der Waals surface area (Å²) < 4.78 is 11.9. The Morgan fingerprint density at radius 1 is 0.472 bits per heavy atom. The molecule has 4 aromatic carbocycles.